The summed E-state index contributed by atoms with van der Waals surface area (Å²) in [5, 5.41) is 0. The van der Waals surface area contributed by atoms with Gasteiger partial charge in [-0.05, 0) is 69.5 Å². The van der Waals surface area contributed by atoms with Crippen LogP contribution in [0, 0.1) is 5.82 Å². The van der Waals surface area contributed by atoms with Crippen LogP contribution in [0.3, 0.4) is 0 Å². The molecule has 0 bridgehead atoms. The molecule has 0 N–H and O–H groups in total. The van der Waals surface area contributed by atoms with Crippen molar-refractivity contribution in [3.63, 3.8) is 0 Å². The van der Waals surface area contributed by atoms with Gasteiger partial charge in [-0.1, -0.05) is 6.42 Å². The van der Waals surface area contributed by atoms with Crippen molar-refractivity contribution in [3.05, 3.63) is 30.1 Å². The number of anilines is 1. The number of likely N-dealkylation sites (tertiary alicyclic amines) is 2. The Balaban J connectivity index is 1.28. The molecule has 28 heavy (non-hydrogen) atoms. The highest BCUT2D eigenvalue weighted by Crippen LogP contribution is 2.38. The van der Waals surface area contributed by atoms with Crippen molar-refractivity contribution >= 4 is 11.6 Å². The van der Waals surface area contributed by atoms with Gasteiger partial charge in [-0.3, -0.25) is 9.69 Å². The second kappa shape index (κ2) is 8.37. The Labute approximate surface area is 167 Å². The van der Waals surface area contributed by atoms with Gasteiger partial charge in [0.05, 0.1) is 24.8 Å². The zero-order valence-corrected chi connectivity index (χ0v) is 16.9. The molecule has 3 aliphatic heterocycles. The Morgan fingerprint density at radius 1 is 1.14 bits per heavy atom. The third-order valence-electron chi connectivity index (χ3n) is 6.81. The Morgan fingerprint density at radius 2 is 1.82 bits per heavy atom. The minimum Gasteiger partial charge on any atom is -0.373 e. The quantitative estimate of drug-likeness (QED) is 0.793. The molecule has 154 valence electrons. The number of rotatable bonds is 4. The fraction of sp³-hybridized carbons (Fsp3) is 0.682. The van der Waals surface area contributed by atoms with E-state index in [9.17, 15) is 9.18 Å². The highest BCUT2D eigenvalue weighted by molar-refractivity contribution is 5.78. The number of amides is 1. The number of likely N-dealkylation sites (N-methyl/N-ethyl adjacent to an activating group) is 1. The van der Waals surface area contributed by atoms with Crippen LogP contribution >= 0.6 is 0 Å². The van der Waals surface area contributed by atoms with Crippen LogP contribution < -0.4 is 4.90 Å². The van der Waals surface area contributed by atoms with E-state index < -0.39 is 0 Å². The van der Waals surface area contributed by atoms with Crippen molar-refractivity contribution < 1.29 is 13.9 Å². The summed E-state index contributed by atoms with van der Waals surface area (Å²) in [5.41, 5.74) is 0.905. The van der Waals surface area contributed by atoms with Gasteiger partial charge in [0.25, 0.3) is 0 Å². The van der Waals surface area contributed by atoms with Crippen molar-refractivity contribution in [2.24, 2.45) is 0 Å². The smallest absolute Gasteiger partial charge is 0.236 e. The van der Waals surface area contributed by atoms with Crippen LogP contribution in [-0.2, 0) is 9.53 Å². The van der Waals surface area contributed by atoms with E-state index >= 15 is 0 Å². The second-order valence-corrected chi connectivity index (χ2v) is 8.66. The summed E-state index contributed by atoms with van der Waals surface area (Å²) in [5.74, 6) is 0.0626. The summed E-state index contributed by atoms with van der Waals surface area (Å²) < 4.78 is 19.5. The normalized spacial score (nSPS) is 25.2. The second-order valence-electron chi connectivity index (χ2n) is 8.66. The molecule has 5 nitrogen and oxygen atoms in total. The maximum atomic E-state index is 13.2. The molecule has 1 spiro atoms. The summed E-state index contributed by atoms with van der Waals surface area (Å²) in [6, 6.07) is 6.94. The van der Waals surface area contributed by atoms with Gasteiger partial charge < -0.3 is 14.5 Å². The first-order valence-electron chi connectivity index (χ1n) is 10.7. The first-order chi connectivity index (χ1) is 13.5. The highest BCUT2D eigenvalue weighted by atomic mass is 19.1. The molecule has 0 aliphatic carbocycles. The molecule has 3 aliphatic rings. The van der Waals surface area contributed by atoms with Crippen LogP contribution in [0.25, 0.3) is 0 Å². The van der Waals surface area contributed by atoms with Gasteiger partial charge in [0, 0.05) is 25.8 Å². The van der Waals surface area contributed by atoms with E-state index in [1.165, 1.54) is 31.4 Å². The lowest BCUT2D eigenvalue weighted by atomic mass is 9.87. The molecule has 1 atom stereocenters. The zero-order valence-electron chi connectivity index (χ0n) is 16.9. The molecule has 1 aromatic carbocycles. The van der Waals surface area contributed by atoms with E-state index in [4.69, 9.17) is 4.74 Å². The maximum absolute atomic E-state index is 13.2. The minimum atomic E-state index is -0.210. The van der Waals surface area contributed by atoms with Gasteiger partial charge in [-0.25, -0.2) is 4.39 Å². The lowest BCUT2D eigenvalue weighted by Gasteiger charge is -2.40. The SMILES string of the molecule is CN(c1ccc(F)cc1)[C@@H]1COC2(CCN(C(=O)CN3CCCCC3)CC2)C1. The number of hydrogen-bond acceptors (Lipinski definition) is 4. The van der Waals surface area contributed by atoms with E-state index in [1.54, 1.807) is 0 Å². The molecule has 4 rings (SSSR count). The molecule has 3 saturated heterocycles. The molecule has 0 aromatic heterocycles. The summed E-state index contributed by atoms with van der Waals surface area (Å²) in [6.07, 6.45) is 6.51. The summed E-state index contributed by atoms with van der Waals surface area (Å²) in [6.45, 7) is 4.97. The van der Waals surface area contributed by atoms with Crippen molar-refractivity contribution in [3.8, 4) is 0 Å². The van der Waals surface area contributed by atoms with Crippen LogP contribution in [0.1, 0.15) is 38.5 Å². The van der Waals surface area contributed by atoms with Gasteiger partial charge in [0.15, 0.2) is 0 Å². The van der Waals surface area contributed by atoms with Crippen LogP contribution in [0.15, 0.2) is 24.3 Å². The van der Waals surface area contributed by atoms with E-state index in [0.717, 1.165) is 51.1 Å². The number of piperidine rings is 2. The summed E-state index contributed by atoms with van der Waals surface area (Å²) in [7, 11) is 2.05. The number of carbonyl (C=O) groups excluding carboxylic acids is 1. The zero-order chi connectivity index (χ0) is 19.6. The van der Waals surface area contributed by atoms with Crippen molar-refractivity contribution in [1.29, 1.82) is 0 Å². The van der Waals surface area contributed by atoms with E-state index in [0.29, 0.717) is 19.2 Å². The molecule has 0 unspecified atom stereocenters. The molecule has 1 amide bonds. The van der Waals surface area contributed by atoms with Gasteiger partial charge in [0.1, 0.15) is 5.82 Å². The van der Waals surface area contributed by atoms with Gasteiger partial charge in [-0.2, -0.15) is 0 Å². The van der Waals surface area contributed by atoms with Crippen LogP contribution in [0.5, 0.6) is 0 Å². The predicted molar refractivity (Wildman–Crippen MR) is 108 cm³/mol. The Hall–Kier alpha value is -1.66. The number of hydrogen-bond donors (Lipinski definition) is 0. The van der Waals surface area contributed by atoms with Crippen molar-refractivity contribution in [2.45, 2.75) is 50.2 Å². The molecular weight excluding hydrogens is 357 g/mol. The average molecular weight is 390 g/mol. The maximum Gasteiger partial charge on any atom is 0.236 e. The van der Waals surface area contributed by atoms with Crippen LogP contribution in [-0.4, -0.2) is 73.7 Å². The molecular formula is C22H32FN3O2. The predicted octanol–water partition coefficient (Wildman–Crippen LogP) is 2.90. The lowest BCUT2D eigenvalue weighted by Crippen LogP contribution is -2.50. The summed E-state index contributed by atoms with van der Waals surface area (Å²) in [4.78, 5) is 19.2. The lowest BCUT2D eigenvalue weighted by molar-refractivity contribution is -0.137. The number of ether oxygens (including phenoxy) is 1. The molecule has 1 aromatic rings. The number of nitrogens with zero attached hydrogens (tertiary/aromatic N) is 3. The Bertz CT molecular complexity index is 667. The largest absolute Gasteiger partial charge is 0.373 e. The van der Waals surface area contributed by atoms with Crippen LogP contribution in [0.2, 0.25) is 0 Å². The Morgan fingerprint density at radius 3 is 2.50 bits per heavy atom. The van der Waals surface area contributed by atoms with E-state index in [1.807, 2.05) is 17.0 Å². The fourth-order valence-corrected chi connectivity index (χ4v) is 4.88. The topological polar surface area (TPSA) is 36.0 Å². The molecule has 0 saturated carbocycles. The van der Waals surface area contributed by atoms with Gasteiger partial charge in [-0.15, -0.1) is 0 Å². The number of carbonyl (C=O) groups is 1. The average Bonchev–Trinajstić information content (AvgIpc) is 3.13. The van der Waals surface area contributed by atoms with E-state index in [2.05, 4.69) is 16.8 Å². The van der Waals surface area contributed by atoms with Gasteiger partial charge >= 0.3 is 0 Å². The highest BCUT2D eigenvalue weighted by Gasteiger charge is 2.44. The molecule has 0 radical (unpaired) electrons. The number of benzene rings is 1. The standard InChI is InChI=1S/C22H32FN3O2/c1-24(19-7-5-18(23)6-8-19)20-15-22(28-17-20)9-13-26(14-10-22)21(27)16-25-11-3-2-4-12-25/h5-8,20H,2-4,9-17H2,1H3/t20-/m0/s1. The Kier molecular flexibility index (Phi) is 5.88. The molecule has 6 heteroatoms. The fourth-order valence-electron chi connectivity index (χ4n) is 4.88. The van der Waals surface area contributed by atoms with Crippen LogP contribution in [0.4, 0.5) is 10.1 Å². The third kappa shape index (κ3) is 4.33. The first-order valence-corrected chi connectivity index (χ1v) is 10.7. The monoisotopic (exact) mass is 389 g/mol. The molecule has 3 heterocycles. The third-order valence-corrected chi connectivity index (χ3v) is 6.81. The van der Waals surface area contributed by atoms with Crippen molar-refractivity contribution in [2.75, 3.05) is 51.3 Å². The number of halogens is 1. The molecule has 3 fully saturated rings. The van der Waals surface area contributed by atoms with E-state index in [-0.39, 0.29) is 17.3 Å². The summed E-state index contributed by atoms with van der Waals surface area (Å²) >= 11 is 0. The van der Waals surface area contributed by atoms with Gasteiger partial charge in [0.2, 0.25) is 5.91 Å². The first kappa shape index (κ1) is 19.6. The van der Waals surface area contributed by atoms with Crippen molar-refractivity contribution in [1.82, 2.24) is 9.80 Å². The minimum absolute atomic E-state index is 0.110.